The van der Waals surface area contributed by atoms with E-state index < -0.39 is 54.2 Å². The smallest absolute Gasteiger partial charge is 0.355 e. The first-order valence-electron chi connectivity index (χ1n) is 13.1. The van der Waals surface area contributed by atoms with E-state index in [2.05, 4.69) is 46.8 Å². The predicted molar refractivity (Wildman–Crippen MR) is 177 cm³/mol. The Hall–Kier alpha value is -3.68. The molecule has 0 unspecified atom stereocenters. The van der Waals surface area contributed by atoms with Crippen LogP contribution < -0.4 is 26.4 Å². The lowest BCUT2D eigenvalue weighted by molar-refractivity contribution is -0.135. The van der Waals surface area contributed by atoms with E-state index in [1.807, 2.05) is 6.92 Å². The summed E-state index contributed by atoms with van der Waals surface area (Å²) in [5, 5.41) is 28.4. The van der Waals surface area contributed by atoms with E-state index in [1.54, 1.807) is 13.8 Å². The zero-order chi connectivity index (χ0) is 37.9. The number of anilines is 3. The molecule has 0 saturated heterocycles. The van der Waals surface area contributed by atoms with Gasteiger partial charge in [0.2, 0.25) is 27.2 Å². The third kappa shape index (κ3) is 15.6. The highest BCUT2D eigenvalue weighted by Crippen LogP contribution is 2.32. The summed E-state index contributed by atoms with van der Waals surface area (Å²) < 4.78 is 61.3. The maximum absolute atomic E-state index is 12.8. The van der Waals surface area contributed by atoms with E-state index in [9.17, 15) is 31.4 Å². The van der Waals surface area contributed by atoms with Crippen LogP contribution in [0.25, 0.3) is 5.69 Å². The van der Waals surface area contributed by atoms with Gasteiger partial charge in [0.05, 0.1) is 46.6 Å². The Kier molecular flexibility index (Phi) is 16.2. The lowest BCUT2D eigenvalue weighted by Crippen LogP contribution is -2.29. The second kappa shape index (κ2) is 18.4. The van der Waals surface area contributed by atoms with Crippen molar-refractivity contribution < 1.29 is 41.5 Å². The number of nitrogens with zero attached hydrogens (tertiary/aromatic N) is 7. The number of hydrogen-bond acceptors (Lipinski definition) is 13. The standard InChI is InChI=1S/C11H10Cl2F2N4O3S.C9H13ClN6.C3H8NO5P/c1-5-16-19(11(20)18(5)10(14)15)9-4-8(17-23(2,21)22)6(12)3-7(9)13;1-4-12-7-13-6(10)14-8(15-7)16-9(2,3)5-11;5-3(6)1-4-2-10(7,8)9/h3-4,10,17H,1-2H3;4H2,1-3H3,(H2,12,13,14,15,16);4H,1-2H2,(H,5,6)(H2,7,8,9). The quantitative estimate of drug-likeness (QED) is 0.130. The van der Waals surface area contributed by atoms with E-state index in [-0.39, 0.29) is 43.0 Å². The summed E-state index contributed by atoms with van der Waals surface area (Å²) in [4.78, 5) is 50.0. The molecule has 7 N–H and O–H groups in total. The van der Waals surface area contributed by atoms with Crippen LogP contribution >= 0.6 is 42.4 Å². The fourth-order valence-corrected chi connectivity index (χ4v) is 4.79. The molecule has 26 heteroatoms. The summed E-state index contributed by atoms with van der Waals surface area (Å²) in [5.41, 5.74) is -2.03. The Balaban J connectivity index is 0.000000401. The minimum atomic E-state index is -4.10. The molecule has 3 aromatic rings. The van der Waals surface area contributed by atoms with Crippen LogP contribution in [0.1, 0.15) is 33.1 Å². The SMILES string of the molecule is CCNc1nc(Cl)nc(NC(C)(C)C#N)n1.Cc1nn(-c2cc(NS(C)(=O)=O)c(Cl)cc2Cl)c(=O)n1C(F)F.O=C(O)CNCP(=O)(O)O. The van der Waals surface area contributed by atoms with Gasteiger partial charge in [-0.2, -0.15) is 33.7 Å². The Morgan fingerprint density at radius 1 is 1.14 bits per heavy atom. The highest BCUT2D eigenvalue weighted by atomic mass is 35.5. The molecule has 272 valence electrons. The van der Waals surface area contributed by atoms with Gasteiger partial charge in [0, 0.05) is 6.54 Å². The van der Waals surface area contributed by atoms with Crippen molar-refractivity contribution >= 4 is 76.0 Å². The molecule has 0 bridgehead atoms. The fraction of sp³-hybridized carbons (Fsp3) is 0.435. The van der Waals surface area contributed by atoms with Crippen molar-refractivity contribution in [3.8, 4) is 11.8 Å². The van der Waals surface area contributed by atoms with Crippen LogP contribution in [0.5, 0.6) is 0 Å². The van der Waals surface area contributed by atoms with Crippen molar-refractivity contribution in [1.29, 1.82) is 5.26 Å². The van der Waals surface area contributed by atoms with Crippen molar-refractivity contribution in [2.24, 2.45) is 0 Å². The number of alkyl halides is 2. The van der Waals surface area contributed by atoms with Gasteiger partial charge in [0.25, 0.3) is 0 Å². The van der Waals surface area contributed by atoms with Crippen molar-refractivity contribution in [2.45, 2.75) is 39.8 Å². The van der Waals surface area contributed by atoms with E-state index in [0.29, 0.717) is 17.2 Å². The summed E-state index contributed by atoms with van der Waals surface area (Å²) in [6.45, 7) is 3.76. The summed E-state index contributed by atoms with van der Waals surface area (Å²) in [5.74, 6) is -0.705. The average molecular weight is 797 g/mol. The van der Waals surface area contributed by atoms with Crippen LogP contribution in [-0.4, -0.2) is 89.8 Å². The van der Waals surface area contributed by atoms with Crippen molar-refractivity contribution in [2.75, 3.05) is 41.0 Å². The number of aliphatic carboxylic acids is 1. The van der Waals surface area contributed by atoms with E-state index in [0.717, 1.165) is 12.3 Å². The minimum absolute atomic E-state index is 0.0257. The van der Waals surface area contributed by atoms with Gasteiger partial charge < -0.3 is 25.5 Å². The molecule has 0 aliphatic carbocycles. The first-order valence-corrected chi connectivity index (χ1v) is 18.0. The largest absolute Gasteiger partial charge is 0.480 e. The van der Waals surface area contributed by atoms with Crippen LogP contribution in [-0.2, 0) is 19.4 Å². The molecule has 2 heterocycles. The molecule has 3 rings (SSSR count). The average Bonchev–Trinajstić information content (AvgIpc) is 3.22. The maximum Gasteiger partial charge on any atom is 0.355 e. The summed E-state index contributed by atoms with van der Waals surface area (Å²) in [6.07, 6.45) is 0.304. The van der Waals surface area contributed by atoms with Crippen LogP contribution in [0.3, 0.4) is 0 Å². The molecule has 0 aliphatic rings. The number of sulfonamides is 1. The van der Waals surface area contributed by atoms with Gasteiger partial charge in [-0.25, -0.2) is 17.8 Å². The zero-order valence-corrected chi connectivity index (χ0v) is 30.1. The molecule has 0 fully saturated rings. The Labute approximate surface area is 292 Å². The number of aryl methyl sites for hydroxylation is 1. The molecule has 0 spiro atoms. The topological polar surface area (TPSA) is 279 Å². The van der Waals surface area contributed by atoms with Crippen LogP contribution in [0, 0.1) is 18.3 Å². The summed E-state index contributed by atoms with van der Waals surface area (Å²) in [7, 11) is -7.74. The van der Waals surface area contributed by atoms with E-state index in [1.165, 1.54) is 13.0 Å². The van der Waals surface area contributed by atoms with Gasteiger partial charge in [-0.15, -0.1) is 5.10 Å². The number of rotatable bonds is 12. The number of aromatic nitrogens is 6. The number of carboxylic acid groups (broad SMARTS) is 1. The normalized spacial score (nSPS) is 11.4. The van der Waals surface area contributed by atoms with Gasteiger partial charge in [-0.3, -0.25) is 19.4 Å². The first kappa shape index (κ1) is 43.3. The van der Waals surface area contributed by atoms with Gasteiger partial charge in [-0.05, 0) is 51.4 Å². The van der Waals surface area contributed by atoms with Crippen molar-refractivity contribution in [3.63, 3.8) is 0 Å². The van der Waals surface area contributed by atoms with Crippen molar-refractivity contribution in [3.05, 3.63) is 43.8 Å². The number of carbonyl (C=O) groups is 1. The maximum atomic E-state index is 12.8. The number of hydrogen-bond donors (Lipinski definition) is 7. The monoisotopic (exact) mass is 795 g/mol. The number of nitrogens with one attached hydrogen (secondary N) is 4. The third-order valence-electron chi connectivity index (χ3n) is 4.98. The van der Waals surface area contributed by atoms with E-state index >= 15 is 0 Å². The van der Waals surface area contributed by atoms with Crippen LogP contribution in [0.4, 0.5) is 26.4 Å². The van der Waals surface area contributed by atoms with Gasteiger partial charge in [-0.1, -0.05) is 23.2 Å². The summed E-state index contributed by atoms with van der Waals surface area (Å²) in [6, 6.07) is 4.40. The molecule has 49 heavy (non-hydrogen) atoms. The predicted octanol–water partition coefficient (Wildman–Crippen LogP) is 2.88. The molecule has 2 aromatic heterocycles. The van der Waals surface area contributed by atoms with Crippen molar-refractivity contribution in [1.82, 2.24) is 34.6 Å². The van der Waals surface area contributed by atoms with Gasteiger partial charge >= 0.3 is 25.8 Å². The first-order chi connectivity index (χ1) is 22.4. The number of halogens is 5. The number of carboxylic acids is 1. The van der Waals surface area contributed by atoms with Gasteiger partial charge in [0.15, 0.2) is 0 Å². The number of benzene rings is 1. The summed E-state index contributed by atoms with van der Waals surface area (Å²) >= 11 is 17.6. The molecule has 0 atom stereocenters. The second-order valence-electron chi connectivity index (χ2n) is 9.83. The fourth-order valence-electron chi connectivity index (χ4n) is 3.09. The number of nitriles is 1. The molecule has 0 saturated carbocycles. The Bertz CT molecular complexity index is 1890. The molecule has 1 aromatic carbocycles. The molecule has 0 aliphatic heterocycles. The molecular weight excluding hydrogens is 766 g/mol. The zero-order valence-electron chi connectivity index (χ0n) is 26.1. The molecular formula is C23H31Cl3F2N11O8PS. The second-order valence-corrected chi connectivity index (χ2v) is 14.4. The highest BCUT2D eigenvalue weighted by molar-refractivity contribution is 7.92. The lowest BCUT2D eigenvalue weighted by atomic mass is 10.1. The molecule has 0 amide bonds. The third-order valence-corrected chi connectivity index (χ3v) is 6.99. The van der Waals surface area contributed by atoms with Crippen LogP contribution in [0.2, 0.25) is 15.3 Å². The van der Waals surface area contributed by atoms with Crippen LogP contribution in [0.15, 0.2) is 16.9 Å². The Morgan fingerprint density at radius 2 is 1.73 bits per heavy atom. The van der Waals surface area contributed by atoms with Gasteiger partial charge in [0.1, 0.15) is 11.4 Å². The molecule has 19 nitrogen and oxygen atoms in total. The lowest BCUT2D eigenvalue weighted by Gasteiger charge is -2.17. The minimum Gasteiger partial charge on any atom is -0.480 e. The molecule has 0 radical (unpaired) electrons. The Morgan fingerprint density at radius 3 is 2.20 bits per heavy atom. The highest BCUT2D eigenvalue weighted by Gasteiger charge is 2.21. The van der Waals surface area contributed by atoms with E-state index in [4.69, 9.17) is 55.0 Å².